The van der Waals surface area contributed by atoms with Gasteiger partial charge in [0.05, 0.1) is 35.8 Å². The number of hydrogen-bond acceptors (Lipinski definition) is 6. The van der Waals surface area contributed by atoms with E-state index in [2.05, 4.69) is 20.4 Å². The van der Waals surface area contributed by atoms with E-state index in [4.69, 9.17) is 16.3 Å². The summed E-state index contributed by atoms with van der Waals surface area (Å²) in [6.45, 7) is 6.76. The van der Waals surface area contributed by atoms with Gasteiger partial charge in [-0.1, -0.05) is 50.6 Å². The Kier molecular flexibility index (Phi) is 11.4. The average molecular weight is 732 g/mol. The van der Waals surface area contributed by atoms with Crippen molar-refractivity contribution in [2.45, 2.75) is 71.7 Å². The molecule has 0 unspecified atom stereocenters. The van der Waals surface area contributed by atoms with Gasteiger partial charge in [-0.15, -0.1) is 4.99 Å². The lowest BCUT2D eigenvalue weighted by molar-refractivity contribution is -0.135. The number of nitrogens with one attached hydrogen (secondary N) is 1. The Hall–Kier alpha value is -4.76. The van der Waals surface area contributed by atoms with E-state index in [0.717, 1.165) is 17.2 Å². The molecule has 4 rings (SSSR count). The second-order valence-electron chi connectivity index (χ2n) is 14.5. The zero-order valence-electron chi connectivity index (χ0n) is 29.5. The lowest BCUT2D eigenvalue weighted by atomic mass is 9.75. The number of carbonyl (C=O) groups excluding carboxylic acids is 3. The molecule has 3 amide bonds. The molecule has 1 aliphatic heterocycles. The fourth-order valence-electron chi connectivity index (χ4n) is 5.66. The average Bonchev–Trinajstić information content (AvgIpc) is 3.60. The van der Waals surface area contributed by atoms with Crippen molar-refractivity contribution >= 4 is 41.8 Å². The number of aliphatic hydroxyl groups is 1. The third kappa shape index (κ3) is 8.95. The van der Waals surface area contributed by atoms with Gasteiger partial charge in [0, 0.05) is 31.4 Å². The van der Waals surface area contributed by atoms with Gasteiger partial charge in [-0.2, -0.15) is 18.9 Å². The molecule has 1 fully saturated rings. The Morgan fingerprint density at radius 2 is 1.80 bits per heavy atom. The lowest BCUT2D eigenvalue weighted by Crippen LogP contribution is -2.48. The molecule has 3 aromatic rings. The first kappa shape index (κ1) is 39.0. The van der Waals surface area contributed by atoms with E-state index in [1.54, 1.807) is 39.8 Å². The zero-order chi connectivity index (χ0) is 38.1. The summed E-state index contributed by atoms with van der Waals surface area (Å²) < 4.78 is 48.6. The van der Waals surface area contributed by atoms with Gasteiger partial charge in [-0.05, 0) is 61.9 Å². The Bertz CT molecular complexity index is 1870. The molecule has 51 heavy (non-hydrogen) atoms. The molecule has 12 nitrogen and oxygen atoms in total. The molecule has 1 aromatic heterocycles. The Morgan fingerprint density at radius 1 is 1.12 bits per heavy atom. The van der Waals surface area contributed by atoms with E-state index in [0.29, 0.717) is 4.68 Å². The molecule has 0 radical (unpaired) electrons. The summed E-state index contributed by atoms with van der Waals surface area (Å²) in [6.07, 6.45) is 2.42. The number of amides is 3. The molecule has 2 aromatic carbocycles. The van der Waals surface area contributed by atoms with Gasteiger partial charge >= 0.3 is 12.6 Å². The van der Waals surface area contributed by atoms with Gasteiger partial charge in [0.2, 0.25) is 5.96 Å². The van der Waals surface area contributed by atoms with Crippen LogP contribution in [0.1, 0.15) is 82.0 Å². The van der Waals surface area contributed by atoms with Crippen LogP contribution in [-0.4, -0.2) is 81.2 Å². The highest BCUT2D eigenvalue weighted by Gasteiger charge is 2.56. The second-order valence-corrected chi connectivity index (χ2v) is 14.9. The van der Waals surface area contributed by atoms with Crippen molar-refractivity contribution in [1.29, 1.82) is 0 Å². The maximum absolute atomic E-state index is 16.4. The minimum absolute atomic E-state index is 0.0197. The molecule has 0 spiro atoms. The summed E-state index contributed by atoms with van der Waals surface area (Å²) in [5.41, 5.74) is -3.00. The smallest absolute Gasteiger partial charge is 0.437 e. The van der Waals surface area contributed by atoms with Crippen LogP contribution >= 0.6 is 11.6 Å². The van der Waals surface area contributed by atoms with Crippen LogP contribution in [-0.2, 0) is 15.1 Å². The molecule has 0 aliphatic carbocycles. The first-order chi connectivity index (χ1) is 23.7. The Balaban J connectivity index is 1.92. The zero-order valence-corrected chi connectivity index (χ0v) is 30.3. The van der Waals surface area contributed by atoms with Crippen LogP contribution in [0.4, 0.5) is 18.0 Å². The van der Waals surface area contributed by atoms with Crippen molar-refractivity contribution < 1.29 is 37.4 Å². The SMILES string of the molecule is CN(C)/C=N/C(=O)c1cc([C@@H](CO)N2C(=O)[C@@](CC(C)(C)C)(c3ccc(-c4cnn(C(F)F)c4)cc3F)N/C2=N\C(=O)OC(C)(C)C)ccc1Cl. The van der Waals surface area contributed by atoms with Crippen molar-refractivity contribution in [3.05, 3.63) is 76.3 Å². The highest BCUT2D eigenvalue weighted by atomic mass is 35.5. The Labute approximate surface area is 298 Å². The standard InChI is InChI=1S/C35H41ClF3N7O5/c1-33(2,3)18-35(24-11-9-20(14-26(24)37)22-15-41-45(16-22)30(38)39)29(49)46(31(43-35)42-32(50)51-34(4,5)6)27(17-47)21-10-12-25(36)23(13-21)28(48)40-19-44(7)8/h9-16,19,27,30,47H,17-18H2,1-8H3,(H,42,43,50)/b40-19+/t27-,35-/m1/s1. The summed E-state index contributed by atoms with van der Waals surface area (Å²) in [5.74, 6) is -2.67. The van der Waals surface area contributed by atoms with Crippen LogP contribution in [0.25, 0.3) is 11.1 Å². The number of nitrogens with zero attached hydrogens (tertiary/aromatic N) is 6. The third-order valence-electron chi connectivity index (χ3n) is 7.58. The number of aromatic nitrogens is 2. The van der Waals surface area contributed by atoms with Gasteiger partial charge in [-0.25, -0.2) is 13.9 Å². The monoisotopic (exact) mass is 731 g/mol. The number of benzene rings is 2. The highest BCUT2D eigenvalue weighted by molar-refractivity contribution is 6.34. The molecule has 0 bridgehead atoms. The molecule has 2 N–H and O–H groups in total. The first-order valence-corrected chi connectivity index (χ1v) is 16.2. The number of guanidine groups is 1. The fraction of sp³-hybridized carbons (Fsp3) is 0.429. The molecule has 16 heteroatoms. The number of rotatable bonds is 9. The summed E-state index contributed by atoms with van der Waals surface area (Å²) in [4.78, 5) is 51.6. The summed E-state index contributed by atoms with van der Waals surface area (Å²) in [6, 6.07) is 6.93. The van der Waals surface area contributed by atoms with Crippen molar-refractivity contribution in [1.82, 2.24) is 24.9 Å². The lowest BCUT2D eigenvalue weighted by Gasteiger charge is -2.35. The van der Waals surface area contributed by atoms with Crippen LogP contribution in [0.2, 0.25) is 5.02 Å². The van der Waals surface area contributed by atoms with Crippen molar-refractivity contribution in [2.24, 2.45) is 15.4 Å². The molecule has 2 atom stereocenters. The van der Waals surface area contributed by atoms with Crippen LogP contribution in [0.5, 0.6) is 0 Å². The molecular formula is C35H41ClF3N7O5. The van der Waals surface area contributed by atoms with Crippen molar-refractivity contribution in [3.8, 4) is 11.1 Å². The van der Waals surface area contributed by atoms with Gasteiger partial charge in [0.15, 0.2) is 0 Å². The quantitative estimate of drug-likeness (QED) is 0.186. The summed E-state index contributed by atoms with van der Waals surface area (Å²) in [5, 5.41) is 17.5. The number of hydrogen-bond donors (Lipinski definition) is 2. The second kappa shape index (κ2) is 14.8. The van der Waals surface area contributed by atoms with E-state index in [9.17, 15) is 28.3 Å². The number of aliphatic hydroxyl groups excluding tert-OH is 1. The maximum atomic E-state index is 16.4. The van der Waals surface area contributed by atoms with Crippen LogP contribution in [0.15, 0.2) is 58.8 Å². The number of ether oxygens (including phenoxy) is 1. The molecule has 1 aliphatic rings. The van der Waals surface area contributed by atoms with E-state index in [1.165, 1.54) is 42.9 Å². The third-order valence-corrected chi connectivity index (χ3v) is 7.91. The van der Waals surface area contributed by atoms with Gasteiger partial charge in [0.1, 0.15) is 17.0 Å². The Morgan fingerprint density at radius 3 is 2.35 bits per heavy atom. The predicted molar refractivity (Wildman–Crippen MR) is 186 cm³/mol. The van der Waals surface area contributed by atoms with Crippen LogP contribution in [0, 0.1) is 11.2 Å². The first-order valence-electron chi connectivity index (χ1n) is 15.9. The van der Waals surface area contributed by atoms with Gasteiger partial charge in [-0.3, -0.25) is 14.5 Å². The van der Waals surface area contributed by atoms with E-state index >= 15 is 4.39 Å². The van der Waals surface area contributed by atoms with Crippen molar-refractivity contribution in [3.63, 3.8) is 0 Å². The summed E-state index contributed by atoms with van der Waals surface area (Å²) in [7, 11) is 3.35. The number of aliphatic imine (C=N–C) groups is 2. The van der Waals surface area contributed by atoms with Gasteiger partial charge < -0.3 is 20.1 Å². The minimum Gasteiger partial charge on any atom is -0.442 e. The van der Waals surface area contributed by atoms with Gasteiger partial charge in [0.25, 0.3) is 11.8 Å². The minimum atomic E-state index is -2.90. The number of halogens is 4. The number of carbonyl (C=O) groups is 3. The summed E-state index contributed by atoms with van der Waals surface area (Å²) >= 11 is 6.36. The topological polar surface area (TPSA) is 142 Å². The molecule has 0 saturated carbocycles. The molecular weight excluding hydrogens is 691 g/mol. The maximum Gasteiger partial charge on any atom is 0.437 e. The predicted octanol–water partition coefficient (Wildman–Crippen LogP) is 6.56. The number of alkyl halides is 2. The van der Waals surface area contributed by atoms with Crippen LogP contribution in [0.3, 0.4) is 0 Å². The molecule has 274 valence electrons. The fourth-order valence-corrected chi connectivity index (χ4v) is 5.86. The van der Waals surface area contributed by atoms with Crippen molar-refractivity contribution in [2.75, 3.05) is 20.7 Å². The van der Waals surface area contributed by atoms with E-state index in [1.807, 2.05) is 20.8 Å². The molecule has 2 heterocycles. The van der Waals surface area contributed by atoms with Crippen LogP contribution < -0.4 is 5.32 Å². The molecule has 1 saturated heterocycles. The van der Waals surface area contributed by atoms with E-state index in [-0.39, 0.29) is 45.2 Å². The van der Waals surface area contributed by atoms with E-state index < -0.39 is 59.5 Å². The normalized spacial score (nSPS) is 18.1. The highest BCUT2D eigenvalue weighted by Crippen LogP contribution is 2.44. The largest absolute Gasteiger partial charge is 0.442 e.